The quantitative estimate of drug-likeness (QED) is 0.564. The van der Waals surface area contributed by atoms with Crippen LogP contribution in [0.4, 0.5) is 0 Å². The highest BCUT2D eigenvalue weighted by atomic mass is 16.3. The lowest BCUT2D eigenvalue weighted by Gasteiger charge is -2.61. The first-order chi connectivity index (χ1) is 13.8. The summed E-state index contributed by atoms with van der Waals surface area (Å²) in [6.45, 7) is 11.3. The predicted molar refractivity (Wildman–Crippen MR) is 121 cm³/mol. The molecule has 0 bridgehead atoms. The first-order valence-electron chi connectivity index (χ1n) is 13.0. The molecule has 2 nitrogen and oxygen atoms in total. The number of hydrogen-bond acceptors (Lipinski definition) is 2. The fraction of sp³-hybridized carbons (Fsp3) is 0.963. The van der Waals surface area contributed by atoms with Crippen LogP contribution in [-0.2, 0) is 0 Å². The summed E-state index contributed by atoms with van der Waals surface area (Å²) in [7, 11) is 0. The van der Waals surface area contributed by atoms with Gasteiger partial charge >= 0.3 is 0 Å². The summed E-state index contributed by atoms with van der Waals surface area (Å²) >= 11 is 0. The first-order valence-corrected chi connectivity index (χ1v) is 13.0. The zero-order valence-electron chi connectivity index (χ0n) is 19.5. The zero-order valence-corrected chi connectivity index (χ0v) is 19.5. The van der Waals surface area contributed by atoms with Crippen LogP contribution in [0.15, 0.2) is 4.99 Å². The SMILES string of the molecule is C[C@@H]1CCC([C@@H](C)[C@H]2CC[C@H]3[C@@H]4CC[C@H]5C[C@@H](O)CC[C@]5(C)[C@H]4CC[C@]23C)=NC1. The van der Waals surface area contributed by atoms with Crippen LogP contribution in [-0.4, -0.2) is 23.5 Å². The normalized spacial score (nSPS) is 53.4. The van der Waals surface area contributed by atoms with Gasteiger partial charge in [-0.2, -0.15) is 0 Å². The molecule has 0 spiro atoms. The molecular formula is C27H45NO. The third-order valence-electron chi connectivity index (χ3n) is 11.3. The Morgan fingerprint density at radius 3 is 2.45 bits per heavy atom. The van der Waals surface area contributed by atoms with Crippen molar-refractivity contribution in [2.24, 2.45) is 57.2 Å². The standard InChI is InChI=1S/C27H45NO/c1-17-5-10-25(28-16-17)18(2)22-8-9-23-21-7-6-19-15-20(29)11-13-26(19,3)24(21)12-14-27(22,23)4/h17-24,29H,5-16H2,1-4H3/t17-,18+,19+,20+,21+,22-,23+,24+,26+,27-/m1/s1. The number of aliphatic hydroxyl groups is 1. The van der Waals surface area contributed by atoms with Crippen LogP contribution >= 0.6 is 0 Å². The highest BCUT2D eigenvalue weighted by Crippen LogP contribution is 2.68. The first kappa shape index (κ1) is 20.5. The number of aliphatic hydroxyl groups excluding tert-OH is 1. The Morgan fingerprint density at radius 2 is 1.69 bits per heavy atom. The molecule has 10 atom stereocenters. The molecule has 4 saturated carbocycles. The van der Waals surface area contributed by atoms with Gasteiger partial charge in [0.15, 0.2) is 0 Å². The molecule has 5 rings (SSSR count). The van der Waals surface area contributed by atoms with Crippen molar-refractivity contribution in [3.05, 3.63) is 0 Å². The molecule has 2 heteroatoms. The topological polar surface area (TPSA) is 32.6 Å². The van der Waals surface area contributed by atoms with E-state index >= 15 is 0 Å². The van der Waals surface area contributed by atoms with Gasteiger partial charge in [-0.3, -0.25) is 4.99 Å². The lowest BCUT2D eigenvalue weighted by Crippen LogP contribution is -2.54. The minimum Gasteiger partial charge on any atom is -0.393 e. The molecule has 0 aromatic heterocycles. The van der Waals surface area contributed by atoms with E-state index in [1.807, 2.05) is 0 Å². The minimum absolute atomic E-state index is 0.0193. The summed E-state index contributed by atoms with van der Waals surface area (Å²) in [6.07, 6.45) is 14.6. The van der Waals surface area contributed by atoms with Crippen molar-refractivity contribution in [1.29, 1.82) is 0 Å². The summed E-state index contributed by atoms with van der Waals surface area (Å²) in [5.41, 5.74) is 2.62. The lowest BCUT2D eigenvalue weighted by atomic mass is 9.44. The second kappa shape index (κ2) is 7.35. The molecule has 1 heterocycles. The molecule has 0 unspecified atom stereocenters. The van der Waals surface area contributed by atoms with Crippen molar-refractivity contribution in [2.45, 2.75) is 104 Å². The number of rotatable bonds is 2. The maximum absolute atomic E-state index is 10.3. The zero-order chi connectivity index (χ0) is 20.4. The molecule has 4 aliphatic carbocycles. The van der Waals surface area contributed by atoms with E-state index in [1.165, 1.54) is 57.8 Å². The number of fused-ring (bicyclic) bond motifs is 5. The van der Waals surface area contributed by atoms with Crippen LogP contribution in [0, 0.1) is 52.3 Å². The van der Waals surface area contributed by atoms with Gasteiger partial charge in [0.2, 0.25) is 0 Å². The third kappa shape index (κ3) is 3.17. The maximum Gasteiger partial charge on any atom is 0.0543 e. The Kier molecular flexibility index (Phi) is 5.20. The average molecular weight is 400 g/mol. The van der Waals surface area contributed by atoms with Gasteiger partial charge in [-0.15, -0.1) is 0 Å². The monoisotopic (exact) mass is 399 g/mol. The maximum atomic E-state index is 10.3. The van der Waals surface area contributed by atoms with Gasteiger partial charge in [0.25, 0.3) is 0 Å². The van der Waals surface area contributed by atoms with E-state index in [9.17, 15) is 5.11 Å². The molecule has 0 saturated heterocycles. The molecule has 29 heavy (non-hydrogen) atoms. The summed E-state index contributed by atoms with van der Waals surface area (Å²) < 4.78 is 0. The second-order valence-corrected chi connectivity index (χ2v) is 12.6. The summed E-state index contributed by atoms with van der Waals surface area (Å²) in [5, 5.41) is 10.3. The Balaban J connectivity index is 1.36. The Morgan fingerprint density at radius 1 is 0.931 bits per heavy atom. The van der Waals surface area contributed by atoms with Crippen molar-refractivity contribution in [3.8, 4) is 0 Å². The Hall–Kier alpha value is -0.370. The Bertz CT molecular complexity index is 657. The molecule has 0 aromatic carbocycles. The van der Waals surface area contributed by atoms with Gasteiger partial charge in [0, 0.05) is 12.3 Å². The fourth-order valence-corrected chi connectivity index (χ4v) is 9.54. The summed E-state index contributed by atoms with van der Waals surface area (Å²) in [4.78, 5) is 5.07. The molecule has 0 radical (unpaired) electrons. The minimum atomic E-state index is -0.0193. The fourth-order valence-electron chi connectivity index (χ4n) is 9.54. The molecular weight excluding hydrogens is 354 g/mol. The second-order valence-electron chi connectivity index (χ2n) is 12.6. The van der Waals surface area contributed by atoms with Crippen molar-refractivity contribution in [2.75, 3.05) is 6.54 Å². The van der Waals surface area contributed by atoms with Crippen LogP contribution in [0.25, 0.3) is 0 Å². The van der Waals surface area contributed by atoms with Crippen LogP contribution in [0.3, 0.4) is 0 Å². The van der Waals surface area contributed by atoms with E-state index in [4.69, 9.17) is 4.99 Å². The summed E-state index contributed by atoms with van der Waals surface area (Å²) in [5.74, 6) is 5.96. The summed E-state index contributed by atoms with van der Waals surface area (Å²) in [6, 6.07) is 0. The largest absolute Gasteiger partial charge is 0.393 e. The van der Waals surface area contributed by atoms with E-state index in [2.05, 4.69) is 27.7 Å². The van der Waals surface area contributed by atoms with Gasteiger partial charge in [-0.1, -0.05) is 27.7 Å². The molecule has 5 aliphatic rings. The number of aliphatic imine (C=N–C) groups is 1. The molecule has 0 aromatic rings. The van der Waals surface area contributed by atoms with Crippen LogP contribution in [0.2, 0.25) is 0 Å². The predicted octanol–water partition coefficient (Wildman–Crippen LogP) is 6.51. The number of nitrogens with zero attached hydrogens (tertiary/aromatic N) is 1. The van der Waals surface area contributed by atoms with E-state index in [0.29, 0.717) is 16.7 Å². The molecule has 164 valence electrons. The smallest absolute Gasteiger partial charge is 0.0543 e. The van der Waals surface area contributed by atoms with E-state index < -0.39 is 0 Å². The number of hydrogen-bond donors (Lipinski definition) is 1. The van der Waals surface area contributed by atoms with Gasteiger partial charge in [0.05, 0.1) is 6.10 Å². The highest BCUT2D eigenvalue weighted by Gasteiger charge is 2.60. The molecule has 0 amide bonds. The Labute approximate surface area is 179 Å². The van der Waals surface area contributed by atoms with Gasteiger partial charge in [0.1, 0.15) is 0 Å². The van der Waals surface area contributed by atoms with Crippen LogP contribution in [0.5, 0.6) is 0 Å². The highest BCUT2D eigenvalue weighted by molar-refractivity contribution is 5.87. The molecule has 4 fully saturated rings. The van der Waals surface area contributed by atoms with E-state index in [-0.39, 0.29) is 6.10 Å². The van der Waals surface area contributed by atoms with E-state index in [0.717, 1.165) is 54.9 Å². The lowest BCUT2D eigenvalue weighted by molar-refractivity contribution is -0.127. The van der Waals surface area contributed by atoms with Crippen molar-refractivity contribution in [3.63, 3.8) is 0 Å². The van der Waals surface area contributed by atoms with Crippen molar-refractivity contribution in [1.82, 2.24) is 0 Å². The average Bonchev–Trinajstić information content (AvgIpc) is 3.06. The van der Waals surface area contributed by atoms with Crippen LogP contribution < -0.4 is 0 Å². The van der Waals surface area contributed by atoms with E-state index in [1.54, 1.807) is 5.71 Å². The molecule has 1 N–H and O–H groups in total. The third-order valence-corrected chi connectivity index (χ3v) is 11.3. The van der Waals surface area contributed by atoms with Crippen molar-refractivity contribution >= 4 is 5.71 Å². The van der Waals surface area contributed by atoms with Crippen molar-refractivity contribution < 1.29 is 5.11 Å². The molecule has 1 aliphatic heterocycles. The van der Waals surface area contributed by atoms with Gasteiger partial charge in [-0.05, 0) is 123 Å². The van der Waals surface area contributed by atoms with Crippen LogP contribution in [0.1, 0.15) is 98.3 Å². The van der Waals surface area contributed by atoms with Gasteiger partial charge < -0.3 is 5.11 Å². The van der Waals surface area contributed by atoms with Gasteiger partial charge in [-0.25, -0.2) is 0 Å².